The second-order valence-electron chi connectivity index (χ2n) is 6.76. The van der Waals surface area contributed by atoms with Crippen LogP contribution in [0.2, 0.25) is 10.0 Å². The van der Waals surface area contributed by atoms with Crippen LogP contribution in [-0.2, 0) is 9.47 Å². The van der Waals surface area contributed by atoms with Crippen LogP contribution in [0, 0.1) is 5.41 Å². The summed E-state index contributed by atoms with van der Waals surface area (Å²) >= 11 is 12.2. The number of carbonyl (C=O) groups is 1. The van der Waals surface area contributed by atoms with Gasteiger partial charge in [0.05, 0.1) is 5.02 Å². The van der Waals surface area contributed by atoms with Crippen molar-refractivity contribution in [2.45, 2.75) is 33.1 Å². The van der Waals surface area contributed by atoms with E-state index >= 15 is 0 Å². The highest BCUT2D eigenvalue weighted by atomic mass is 35.5. The third-order valence-corrected chi connectivity index (χ3v) is 4.08. The number of nitrogens with zero attached hydrogens (tertiary/aromatic N) is 3. The van der Waals surface area contributed by atoms with E-state index in [1.165, 1.54) is 24.4 Å². The summed E-state index contributed by atoms with van der Waals surface area (Å²) in [6, 6.07) is 4.85. The largest absolute Gasteiger partial charge is 0.463 e. The minimum atomic E-state index is -0.820. The van der Waals surface area contributed by atoms with Gasteiger partial charge in [-0.05, 0) is 18.2 Å². The first-order valence-electron chi connectivity index (χ1n) is 8.11. The lowest BCUT2D eigenvalue weighted by Crippen LogP contribution is -2.44. The maximum atomic E-state index is 12.1. The molecule has 1 amide bonds. The number of carbonyl (C=O) groups excluding carboxylic acids is 1. The first kappa shape index (κ1) is 21.3. The molecule has 0 bridgehead atoms. The number of benzene rings is 1. The fraction of sp³-hybridized carbons (Fsp3) is 0.471. The summed E-state index contributed by atoms with van der Waals surface area (Å²) in [4.78, 5) is 16.1. The Hall–Kier alpha value is -2.03. The van der Waals surface area contributed by atoms with Gasteiger partial charge in [0, 0.05) is 17.5 Å². The van der Waals surface area contributed by atoms with Crippen molar-refractivity contribution in [2.75, 3.05) is 13.8 Å². The summed E-state index contributed by atoms with van der Waals surface area (Å²) in [5.74, 6) is 0.372. The van der Waals surface area contributed by atoms with Gasteiger partial charge in [0.25, 0.3) is 0 Å². The molecule has 1 N–H and O–H groups in total. The van der Waals surface area contributed by atoms with Crippen LogP contribution in [-0.4, -0.2) is 40.8 Å². The zero-order chi connectivity index (χ0) is 20.0. The predicted molar refractivity (Wildman–Crippen MR) is 101 cm³/mol. The third kappa shape index (κ3) is 5.98. The predicted octanol–water partition coefficient (Wildman–Crippen LogP) is 3.91. The molecule has 0 saturated carbocycles. The molecule has 10 heteroatoms. The minimum Gasteiger partial charge on any atom is -0.463 e. The first-order valence-corrected chi connectivity index (χ1v) is 8.87. The smallest absolute Gasteiger partial charge is 0.409 e. The van der Waals surface area contributed by atoms with E-state index in [4.69, 9.17) is 37.4 Å². The summed E-state index contributed by atoms with van der Waals surface area (Å²) in [5, 5.41) is 7.43. The number of alkyl carbamates (subject to hydrolysis) is 1. The van der Waals surface area contributed by atoms with E-state index < -0.39 is 23.8 Å². The van der Waals surface area contributed by atoms with Crippen LogP contribution in [0.4, 0.5) is 4.79 Å². The normalized spacial score (nSPS) is 13.7. The lowest BCUT2D eigenvalue weighted by Gasteiger charge is -2.36. The topological polar surface area (TPSA) is 87.5 Å². The van der Waals surface area contributed by atoms with Crippen LogP contribution in [0.15, 0.2) is 30.9 Å². The average Bonchev–Trinajstić information content (AvgIpc) is 3.11. The maximum absolute atomic E-state index is 12.1. The van der Waals surface area contributed by atoms with Crippen molar-refractivity contribution in [1.29, 1.82) is 0 Å². The van der Waals surface area contributed by atoms with Crippen LogP contribution in [0.3, 0.4) is 0 Å². The molecule has 0 aliphatic heterocycles. The van der Waals surface area contributed by atoms with Gasteiger partial charge in [0.1, 0.15) is 25.1 Å². The van der Waals surface area contributed by atoms with E-state index in [1.54, 1.807) is 18.2 Å². The Balaban J connectivity index is 2.35. The molecule has 0 spiro atoms. The van der Waals surface area contributed by atoms with Crippen LogP contribution >= 0.6 is 23.2 Å². The highest BCUT2D eigenvalue weighted by Crippen LogP contribution is 2.36. The average molecular weight is 417 g/mol. The van der Waals surface area contributed by atoms with Gasteiger partial charge in [-0.2, -0.15) is 5.10 Å². The number of aromatic nitrogens is 3. The van der Waals surface area contributed by atoms with E-state index in [2.05, 4.69) is 15.4 Å². The van der Waals surface area contributed by atoms with Crippen molar-refractivity contribution in [3.63, 3.8) is 0 Å². The number of halogens is 2. The Kier molecular flexibility index (Phi) is 7.29. The Labute approximate surface area is 167 Å². The number of nitrogens with one attached hydrogen (secondary N) is 1. The molecule has 0 saturated heterocycles. The second kappa shape index (κ2) is 9.25. The molecule has 148 valence electrons. The molecule has 2 unspecified atom stereocenters. The van der Waals surface area contributed by atoms with E-state index in [9.17, 15) is 4.79 Å². The zero-order valence-electron chi connectivity index (χ0n) is 15.5. The van der Waals surface area contributed by atoms with E-state index in [-0.39, 0.29) is 6.73 Å². The van der Waals surface area contributed by atoms with Gasteiger partial charge in [-0.15, -0.1) is 0 Å². The lowest BCUT2D eigenvalue weighted by molar-refractivity contribution is -0.0806. The molecular formula is C17H22Cl2N4O4. The Morgan fingerprint density at radius 1 is 1.33 bits per heavy atom. The Morgan fingerprint density at radius 2 is 2.07 bits per heavy atom. The Morgan fingerprint density at radius 3 is 2.63 bits per heavy atom. The zero-order valence-corrected chi connectivity index (χ0v) is 17.0. The minimum absolute atomic E-state index is 0.0214. The number of hydrogen-bond donors (Lipinski definition) is 1. The van der Waals surface area contributed by atoms with Crippen molar-refractivity contribution < 1.29 is 19.0 Å². The number of hydrogen-bond acceptors (Lipinski definition) is 6. The Bertz CT molecular complexity index is 750. The standard InChI is InChI=1S/C17H22Cl2N4O4/c1-17(2,3)14(27-16(24)21-10-25-4)15(23-9-20-8-22-23)26-13-6-5-11(18)7-12(13)19/h5-9,14-15H,10H2,1-4H3,(H,21,24). The molecule has 1 aromatic carbocycles. The summed E-state index contributed by atoms with van der Waals surface area (Å²) < 4.78 is 18.0. The summed E-state index contributed by atoms with van der Waals surface area (Å²) in [5.41, 5.74) is -0.500. The fourth-order valence-corrected chi connectivity index (χ4v) is 2.71. The van der Waals surface area contributed by atoms with Crippen LogP contribution in [0.1, 0.15) is 27.0 Å². The van der Waals surface area contributed by atoms with Crippen molar-refractivity contribution in [2.24, 2.45) is 5.41 Å². The molecule has 1 aromatic heterocycles. The van der Waals surface area contributed by atoms with Gasteiger partial charge < -0.3 is 14.2 Å². The molecule has 0 aliphatic carbocycles. The van der Waals surface area contributed by atoms with Crippen LogP contribution in [0.25, 0.3) is 0 Å². The summed E-state index contributed by atoms with van der Waals surface area (Å²) in [7, 11) is 1.46. The molecule has 0 radical (unpaired) electrons. The lowest BCUT2D eigenvalue weighted by atomic mass is 9.87. The third-order valence-electron chi connectivity index (χ3n) is 3.55. The molecule has 27 heavy (non-hydrogen) atoms. The second-order valence-corrected chi connectivity index (χ2v) is 7.60. The van der Waals surface area contributed by atoms with E-state index in [1.807, 2.05) is 20.8 Å². The van der Waals surface area contributed by atoms with Crippen molar-refractivity contribution >= 4 is 29.3 Å². The van der Waals surface area contributed by atoms with Crippen molar-refractivity contribution in [3.05, 3.63) is 40.9 Å². The quantitative estimate of drug-likeness (QED) is 0.688. The SMILES string of the molecule is COCNC(=O)OC(C(Oc1ccc(Cl)cc1Cl)n1cncn1)C(C)(C)C. The number of rotatable bonds is 7. The molecule has 2 aromatic rings. The van der Waals surface area contributed by atoms with Gasteiger partial charge in [-0.25, -0.2) is 14.5 Å². The number of amides is 1. The molecule has 0 fully saturated rings. The van der Waals surface area contributed by atoms with Gasteiger partial charge in [0.15, 0.2) is 6.10 Å². The molecule has 8 nitrogen and oxygen atoms in total. The molecule has 0 aliphatic rings. The number of ether oxygens (including phenoxy) is 3. The molecular weight excluding hydrogens is 395 g/mol. The monoisotopic (exact) mass is 416 g/mol. The maximum Gasteiger partial charge on any atom is 0.409 e. The van der Waals surface area contributed by atoms with Crippen LogP contribution < -0.4 is 10.1 Å². The molecule has 2 rings (SSSR count). The molecule has 2 atom stereocenters. The van der Waals surface area contributed by atoms with E-state index in [0.29, 0.717) is 15.8 Å². The van der Waals surface area contributed by atoms with Crippen molar-refractivity contribution in [1.82, 2.24) is 20.1 Å². The van der Waals surface area contributed by atoms with Gasteiger partial charge in [-0.1, -0.05) is 44.0 Å². The fourth-order valence-electron chi connectivity index (χ4n) is 2.25. The van der Waals surface area contributed by atoms with Gasteiger partial charge >= 0.3 is 6.09 Å². The van der Waals surface area contributed by atoms with Crippen molar-refractivity contribution in [3.8, 4) is 5.75 Å². The first-order chi connectivity index (χ1) is 12.7. The highest BCUT2D eigenvalue weighted by Gasteiger charge is 2.39. The summed E-state index contributed by atoms with van der Waals surface area (Å²) in [6.45, 7) is 5.77. The van der Waals surface area contributed by atoms with E-state index in [0.717, 1.165) is 0 Å². The van der Waals surface area contributed by atoms with Gasteiger partial charge in [-0.3, -0.25) is 5.32 Å². The van der Waals surface area contributed by atoms with Gasteiger partial charge in [0.2, 0.25) is 6.23 Å². The number of methoxy groups -OCH3 is 1. The highest BCUT2D eigenvalue weighted by molar-refractivity contribution is 6.35. The summed E-state index contributed by atoms with van der Waals surface area (Å²) in [6.07, 6.45) is 0.642. The molecule has 1 heterocycles. The van der Waals surface area contributed by atoms with Crippen LogP contribution in [0.5, 0.6) is 5.75 Å².